The van der Waals surface area contributed by atoms with Gasteiger partial charge in [-0.15, -0.1) is 0 Å². The first-order valence-corrected chi connectivity index (χ1v) is 4.80. The van der Waals surface area contributed by atoms with Crippen LogP contribution in [0.2, 0.25) is 0 Å². The molecule has 4 heteroatoms. The summed E-state index contributed by atoms with van der Waals surface area (Å²) in [4.78, 5) is 33.2. The molecular weight excluding hydrogens is 184 g/mol. The summed E-state index contributed by atoms with van der Waals surface area (Å²) in [7, 11) is 0. The smallest absolute Gasteiger partial charge is 0.303 e. The average molecular weight is 198 g/mol. The van der Waals surface area contributed by atoms with Crippen LogP contribution in [0.1, 0.15) is 32.6 Å². The molecule has 1 saturated carbocycles. The van der Waals surface area contributed by atoms with E-state index in [-0.39, 0.29) is 18.2 Å². The molecule has 1 atom stereocenters. The van der Waals surface area contributed by atoms with Crippen LogP contribution in [0, 0.1) is 5.92 Å². The lowest BCUT2D eigenvalue weighted by Gasteiger charge is -2.18. The van der Waals surface area contributed by atoms with Crippen LogP contribution in [0.25, 0.3) is 0 Å². The molecule has 0 amide bonds. The van der Waals surface area contributed by atoms with Crippen LogP contribution in [0.4, 0.5) is 0 Å². The number of Topliss-reactive ketones (excluding diaryl/α,β-unsaturated/α-hetero) is 2. The van der Waals surface area contributed by atoms with E-state index in [1.54, 1.807) is 0 Å². The van der Waals surface area contributed by atoms with Gasteiger partial charge in [0.1, 0.15) is 5.78 Å². The van der Waals surface area contributed by atoms with Gasteiger partial charge < -0.3 is 4.74 Å². The second-order valence-corrected chi connectivity index (χ2v) is 3.51. The molecule has 0 spiro atoms. The molecule has 0 aromatic rings. The summed E-state index contributed by atoms with van der Waals surface area (Å²) >= 11 is 0. The van der Waals surface area contributed by atoms with Gasteiger partial charge in [-0.05, 0) is 12.8 Å². The van der Waals surface area contributed by atoms with Crippen molar-refractivity contribution in [3.8, 4) is 0 Å². The Bertz CT molecular complexity index is 257. The van der Waals surface area contributed by atoms with Gasteiger partial charge in [-0.3, -0.25) is 14.4 Å². The maximum absolute atomic E-state index is 11.4. The van der Waals surface area contributed by atoms with Gasteiger partial charge in [-0.1, -0.05) is 6.42 Å². The molecule has 0 N–H and O–H groups in total. The van der Waals surface area contributed by atoms with E-state index in [4.69, 9.17) is 0 Å². The summed E-state index contributed by atoms with van der Waals surface area (Å²) in [5.74, 6) is -1.27. The topological polar surface area (TPSA) is 60.4 Å². The molecule has 0 saturated heterocycles. The zero-order chi connectivity index (χ0) is 10.6. The Labute approximate surface area is 82.6 Å². The maximum Gasteiger partial charge on any atom is 0.303 e. The minimum Gasteiger partial charge on any atom is -0.458 e. The third-order valence-corrected chi connectivity index (χ3v) is 2.36. The molecule has 0 heterocycles. The quantitative estimate of drug-likeness (QED) is 0.499. The third-order valence-electron chi connectivity index (χ3n) is 2.36. The van der Waals surface area contributed by atoms with Gasteiger partial charge in [-0.2, -0.15) is 0 Å². The van der Waals surface area contributed by atoms with Gasteiger partial charge in [0.15, 0.2) is 12.4 Å². The lowest BCUT2D eigenvalue weighted by atomic mass is 9.85. The van der Waals surface area contributed by atoms with Crippen molar-refractivity contribution in [2.45, 2.75) is 32.6 Å². The number of ketones is 2. The minimum absolute atomic E-state index is 0.00611. The zero-order valence-corrected chi connectivity index (χ0v) is 8.25. The number of rotatable bonds is 3. The molecule has 1 aliphatic carbocycles. The van der Waals surface area contributed by atoms with E-state index < -0.39 is 11.9 Å². The Kier molecular flexibility index (Phi) is 3.80. The number of esters is 1. The normalized spacial score (nSPS) is 21.8. The Hall–Kier alpha value is -1.19. The van der Waals surface area contributed by atoms with E-state index in [0.29, 0.717) is 12.8 Å². The molecule has 78 valence electrons. The van der Waals surface area contributed by atoms with Crippen LogP contribution in [0.15, 0.2) is 0 Å². The summed E-state index contributed by atoms with van der Waals surface area (Å²) in [6.45, 7) is 0.988. The van der Waals surface area contributed by atoms with Crippen molar-refractivity contribution in [3.63, 3.8) is 0 Å². The van der Waals surface area contributed by atoms with Crippen LogP contribution in [0.3, 0.4) is 0 Å². The highest BCUT2D eigenvalue weighted by Gasteiger charge is 2.28. The maximum atomic E-state index is 11.4. The Morgan fingerprint density at radius 1 is 1.43 bits per heavy atom. The number of hydrogen-bond donors (Lipinski definition) is 0. The summed E-state index contributed by atoms with van der Waals surface area (Å²) < 4.78 is 4.56. The molecule has 1 fully saturated rings. The number of carbonyl (C=O) groups is 3. The largest absolute Gasteiger partial charge is 0.458 e. The summed E-state index contributed by atoms with van der Waals surface area (Å²) in [6.07, 6.45) is 2.87. The Balaban J connectivity index is 2.42. The second kappa shape index (κ2) is 4.88. The van der Waals surface area contributed by atoms with Crippen molar-refractivity contribution in [2.75, 3.05) is 6.61 Å². The first-order chi connectivity index (χ1) is 6.61. The summed E-state index contributed by atoms with van der Waals surface area (Å²) in [5, 5.41) is 0. The van der Waals surface area contributed by atoms with Crippen molar-refractivity contribution in [1.82, 2.24) is 0 Å². The van der Waals surface area contributed by atoms with Crippen LogP contribution >= 0.6 is 0 Å². The minimum atomic E-state index is -0.525. The van der Waals surface area contributed by atoms with Crippen molar-refractivity contribution < 1.29 is 19.1 Å². The van der Waals surface area contributed by atoms with Gasteiger partial charge in [0, 0.05) is 13.3 Å². The highest BCUT2D eigenvalue weighted by Crippen LogP contribution is 2.21. The van der Waals surface area contributed by atoms with Gasteiger partial charge in [-0.25, -0.2) is 0 Å². The van der Waals surface area contributed by atoms with Crippen molar-refractivity contribution >= 4 is 17.5 Å². The summed E-state index contributed by atoms with van der Waals surface area (Å²) in [5.41, 5.74) is 0. The number of ether oxygens (including phenoxy) is 1. The fourth-order valence-corrected chi connectivity index (χ4v) is 1.60. The van der Waals surface area contributed by atoms with E-state index in [9.17, 15) is 14.4 Å². The molecular formula is C10H14O4. The average Bonchev–Trinajstić information content (AvgIpc) is 2.15. The van der Waals surface area contributed by atoms with E-state index in [2.05, 4.69) is 4.74 Å². The lowest BCUT2D eigenvalue weighted by molar-refractivity contribution is -0.149. The highest BCUT2D eigenvalue weighted by molar-refractivity contribution is 6.03. The molecule has 0 aromatic heterocycles. The van der Waals surface area contributed by atoms with Crippen molar-refractivity contribution in [1.29, 1.82) is 0 Å². The summed E-state index contributed by atoms with van der Waals surface area (Å²) in [6, 6.07) is 0. The van der Waals surface area contributed by atoms with E-state index in [0.717, 1.165) is 12.8 Å². The van der Waals surface area contributed by atoms with Crippen LogP contribution in [0.5, 0.6) is 0 Å². The molecule has 1 unspecified atom stereocenters. The second-order valence-electron chi connectivity index (χ2n) is 3.51. The first-order valence-electron chi connectivity index (χ1n) is 4.80. The molecule has 1 rings (SSSR count). The SMILES string of the molecule is CC(=O)OCC(=O)C1CCCCC1=O. The predicted octanol–water partition coefficient (Wildman–Crippen LogP) is 0.878. The molecule has 0 bridgehead atoms. The first kappa shape index (κ1) is 10.9. The van der Waals surface area contributed by atoms with Gasteiger partial charge >= 0.3 is 5.97 Å². The molecule has 14 heavy (non-hydrogen) atoms. The third kappa shape index (κ3) is 2.94. The molecule has 0 radical (unpaired) electrons. The van der Waals surface area contributed by atoms with Gasteiger partial charge in [0.25, 0.3) is 0 Å². The van der Waals surface area contributed by atoms with Crippen molar-refractivity contribution in [2.24, 2.45) is 5.92 Å². The van der Waals surface area contributed by atoms with E-state index in [1.165, 1.54) is 6.92 Å². The standard InChI is InChI=1S/C10H14O4/c1-7(11)14-6-10(13)8-4-2-3-5-9(8)12/h8H,2-6H2,1H3. The number of hydrogen-bond acceptors (Lipinski definition) is 4. The molecule has 0 aliphatic heterocycles. The fourth-order valence-electron chi connectivity index (χ4n) is 1.60. The monoisotopic (exact) mass is 198 g/mol. The Morgan fingerprint density at radius 2 is 2.14 bits per heavy atom. The molecule has 4 nitrogen and oxygen atoms in total. The van der Waals surface area contributed by atoms with Crippen LogP contribution < -0.4 is 0 Å². The zero-order valence-electron chi connectivity index (χ0n) is 8.25. The van der Waals surface area contributed by atoms with Crippen LogP contribution in [-0.2, 0) is 19.1 Å². The van der Waals surface area contributed by atoms with Crippen molar-refractivity contribution in [3.05, 3.63) is 0 Å². The van der Waals surface area contributed by atoms with Gasteiger partial charge in [0.2, 0.25) is 0 Å². The van der Waals surface area contributed by atoms with Gasteiger partial charge in [0.05, 0.1) is 5.92 Å². The van der Waals surface area contributed by atoms with E-state index in [1.807, 2.05) is 0 Å². The highest BCUT2D eigenvalue weighted by atomic mass is 16.5. The van der Waals surface area contributed by atoms with Crippen LogP contribution in [-0.4, -0.2) is 24.1 Å². The van der Waals surface area contributed by atoms with E-state index >= 15 is 0 Å². The molecule has 0 aromatic carbocycles. The molecule has 1 aliphatic rings. The lowest BCUT2D eigenvalue weighted by Crippen LogP contribution is -2.30. The Morgan fingerprint density at radius 3 is 2.71 bits per heavy atom. The number of carbonyl (C=O) groups excluding carboxylic acids is 3. The predicted molar refractivity (Wildman–Crippen MR) is 48.6 cm³/mol. The fraction of sp³-hybridized carbons (Fsp3) is 0.700.